The summed E-state index contributed by atoms with van der Waals surface area (Å²) in [6.07, 6.45) is 4.44. The van der Waals surface area contributed by atoms with Gasteiger partial charge in [0.15, 0.2) is 0 Å². The third-order valence-corrected chi connectivity index (χ3v) is 4.79. The van der Waals surface area contributed by atoms with Crippen LogP contribution in [0.25, 0.3) is 10.1 Å². The Morgan fingerprint density at radius 3 is 2.75 bits per heavy atom. The average Bonchev–Trinajstić information content (AvgIpc) is 2.73. The number of aliphatic hydroxyl groups excluding tert-OH is 1. The van der Waals surface area contributed by atoms with Crippen LogP contribution in [0.4, 0.5) is 0 Å². The molecule has 1 aliphatic rings. The molecule has 1 fully saturated rings. The van der Waals surface area contributed by atoms with Crippen LogP contribution in [0.2, 0.25) is 0 Å². The molecule has 3 rings (SSSR count). The highest BCUT2D eigenvalue weighted by Crippen LogP contribution is 2.38. The van der Waals surface area contributed by atoms with Gasteiger partial charge in [0, 0.05) is 15.5 Å². The highest BCUT2D eigenvalue weighted by Gasteiger charge is 2.25. The summed E-state index contributed by atoms with van der Waals surface area (Å²) in [6.45, 7) is 0. The third kappa shape index (κ3) is 1.76. The van der Waals surface area contributed by atoms with E-state index in [0.29, 0.717) is 5.92 Å². The van der Waals surface area contributed by atoms with E-state index < -0.39 is 0 Å². The van der Waals surface area contributed by atoms with E-state index in [4.69, 9.17) is 0 Å². The minimum atomic E-state index is -0.123. The molecule has 0 radical (unpaired) electrons. The zero-order valence-corrected chi connectivity index (χ0v) is 10.0. The largest absolute Gasteiger partial charge is 0.392 e. The molecule has 1 aliphatic carbocycles. The van der Waals surface area contributed by atoms with Crippen molar-refractivity contribution < 1.29 is 5.11 Å². The topological polar surface area (TPSA) is 20.2 Å². The van der Waals surface area contributed by atoms with Crippen molar-refractivity contribution in [1.82, 2.24) is 0 Å². The normalized spacial score (nSPS) is 26.1. The van der Waals surface area contributed by atoms with Gasteiger partial charge in [0.05, 0.1) is 6.10 Å². The Kier molecular flexibility index (Phi) is 2.70. The van der Waals surface area contributed by atoms with E-state index in [0.717, 1.165) is 12.8 Å². The Bertz CT molecular complexity index is 455. The number of benzene rings is 1. The fraction of sp³-hybridized carbons (Fsp3) is 0.429. The van der Waals surface area contributed by atoms with Gasteiger partial charge in [-0.1, -0.05) is 31.0 Å². The SMILES string of the molecule is O[C@H]1CCCC[C@@H]1c1cc2ccccc2s1. The van der Waals surface area contributed by atoms with Gasteiger partial charge in [-0.2, -0.15) is 0 Å². The van der Waals surface area contributed by atoms with Crippen LogP contribution >= 0.6 is 11.3 Å². The fourth-order valence-corrected chi connectivity index (χ4v) is 3.89. The first-order valence-corrected chi connectivity index (χ1v) is 6.83. The Labute approximate surface area is 99.7 Å². The summed E-state index contributed by atoms with van der Waals surface area (Å²) in [5.74, 6) is 0.381. The van der Waals surface area contributed by atoms with E-state index in [1.165, 1.54) is 27.8 Å². The van der Waals surface area contributed by atoms with Crippen LogP contribution in [0.3, 0.4) is 0 Å². The lowest BCUT2D eigenvalue weighted by Gasteiger charge is -2.26. The fourth-order valence-electron chi connectivity index (χ4n) is 2.63. The standard InChI is InChI=1S/C14H16OS/c15-12-7-3-2-6-11(12)14-9-10-5-1-4-8-13(10)16-14/h1,4-5,8-9,11-12,15H,2-3,6-7H2/t11-,12-/m0/s1. The maximum Gasteiger partial charge on any atom is 0.0616 e. The minimum absolute atomic E-state index is 0.123. The number of hydrogen-bond donors (Lipinski definition) is 1. The average molecular weight is 232 g/mol. The lowest BCUT2D eigenvalue weighted by atomic mass is 9.85. The summed E-state index contributed by atoms with van der Waals surface area (Å²) in [6, 6.07) is 10.7. The molecular weight excluding hydrogens is 216 g/mol. The van der Waals surface area contributed by atoms with Gasteiger partial charge in [0.25, 0.3) is 0 Å². The Balaban J connectivity index is 1.98. The molecule has 0 unspecified atom stereocenters. The van der Waals surface area contributed by atoms with Crippen LogP contribution in [0.15, 0.2) is 30.3 Å². The molecule has 84 valence electrons. The van der Waals surface area contributed by atoms with E-state index in [2.05, 4.69) is 30.3 Å². The van der Waals surface area contributed by atoms with Gasteiger partial charge in [-0.3, -0.25) is 0 Å². The van der Waals surface area contributed by atoms with Gasteiger partial charge in [-0.05, 0) is 30.4 Å². The van der Waals surface area contributed by atoms with Crippen molar-refractivity contribution in [3.63, 3.8) is 0 Å². The molecule has 2 heteroatoms. The molecule has 1 saturated carbocycles. The molecule has 2 aromatic rings. The molecule has 0 spiro atoms. The second-order valence-corrected chi connectivity index (χ2v) is 5.76. The number of thiophene rings is 1. The predicted octanol–water partition coefficient (Wildman–Crippen LogP) is 3.92. The molecule has 16 heavy (non-hydrogen) atoms. The van der Waals surface area contributed by atoms with Gasteiger partial charge in [0.2, 0.25) is 0 Å². The lowest BCUT2D eigenvalue weighted by Crippen LogP contribution is -2.21. The zero-order chi connectivity index (χ0) is 11.0. The van der Waals surface area contributed by atoms with Crippen molar-refractivity contribution in [3.8, 4) is 0 Å². The summed E-state index contributed by atoms with van der Waals surface area (Å²) in [5, 5.41) is 11.4. The second-order valence-electron chi connectivity index (χ2n) is 4.64. The summed E-state index contributed by atoms with van der Waals surface area (Å²) in [5.41, 5.74) is 0. The predicted molar refractivity (Wildman–Crippen MR) is 69.0 cm³/mol. The van der Waals surface area contributed by atoms with E-state index in [1.807, 2.05) is 11.3 Å². The van der Waals surface area contributed by atoms with Crippen molar-refractivity contribution >= 4 is 21.4 Å². The van der Waals surface area contributed by atoms with Gasteiger partial charge in [0.1, 0.15) is 0 Å². The third-order valence-electron chi connectivity index (χ3n) is 3.54. The van der Waals surface area contributed by atoms with Gasteiger partial charge >= 0.3 is 0 Å². The number of fused-ring (bicyclic) bond motifs is 1. The van der Waals surface area contributed by atoms with Gasteiger partial charge in [-0.25, -0.2) is 0 Å². The van der Waals surface area contributed by atoms with Crippen molar-refractivity contribution in [3.05, 3.63) is 35.2 Å². The molecule has 0 bridgehead atoms. The molecule has 2 atom stereocenters. The van der Waals surface area contributed by atoms with E-state index in [1.54, 1.807) is 0 Å². The highest BCUT2D eigenvalue weighted by molar-refractivity contribution is 7.19. The maximum absolute atomic E-state index is 10.1. The smallest absolute Gasteiger partial charge is 0.0616 e. The zero-order valence-electron chi connectivity index (χ0n) is 9.23. The number of hydrogen-bond acceptors (Lipinski definition) is 2. The maximum atomic E-state index is 10.1. The molecule has 0 saturated heterocycles. The summed E-state index contributed by atoms with van der Waals surface area (Å²) in [7, 11) is 0. The van der Waals surface area contributed by atoms with Crippen LogP contribution in [0.1, 0.15) is 36.5 Å². The summed E-state index contributed by atoms with van der Waals surface area (Å²) in [4.78, 5) is 1.37. The van der Waals surface area contributed by atoms with Crippen LogP contribution in [0.5, 0.6) is 0 Å². The van der Waals surface area contributed by atoms with Gasteiger partial charge in [-0.15, -0.1) is 11.3 Å². The van der Waals surface area contributed by atoms with Crippen LogP contribution in [-0.4, -0.2) is 11.2 Å². The quantitative estimate of drug-likeness (QED) is 0.790. The Morgan fingerprint density at radius 2 is 1.94 bits per heavy atom. The van der Waals surface area contributed by atoms with E-state index in [-0.39, 0.29) is 6.10 Å². The first kappa shape index (κ1) is 10.3. The van der Waals surface area contributed by atoms with Gasteiger partial charge < -0.3 is 5.11 Å². The lowest BCUT2D eigenvalue weighted by molar-refractivity contribution is 0.107. The minimum Gasteiger partial charge on any atom is -0.392 e. The van der Waals surface area contributed by atoms with Crippen molar-refractivity contribution in [2.45, 2.75) is 37.7 Å². The molecule has 1 aromatic heterocycles. The Morgan fingerprint density at radius 1 is 1.12 bits per heavy atom. The van der Waals surface area contributed by atoms with Crippen molar-refractivity contribution in [1.29, 1.82) is 0 Å². The highest BCUT2D eigenvalue weighted by atomic mass is 32.1. The first-order chi connectivity index (χ1) is 7.84. The molecule has 0 amide bonds. The van der Waals surface area contributed by atoms with E-state index >= 15 is 0 Å². The molecule has 1 nitrogen and oxygen atoms in total. The number of aliphatic hydroxyl groups is 1. The molecule has 1 aromatic carbocycles. The number of rotatable bonds is 1. The van der Waals surface area contributed by atoms with Crippen molar-refractivity contribution in [2.75, 3.05) is 0 Å². The first-order valence-electron chi connectivity index (χ1n) is 6.01. The Hall–Kier alpha value is -0.860. The monoisotopic (exact) mass is 232 g/mol. The van der Waals surface area contributed by atoms with E-state index in [9.17, 15) is 5.11 Å². The van der Waals surface area contributed by atoms with Crippen LogP contribution < -0.4 is 0 Å². The van der Waals surface area contributed by atoms with Crippen molar-refractivity contribution in [2.24, 2.45) is 0 Å². The summed E-state index contributed by atoms with van der Waals surface area (Å²) < 4.78 is 1.34. The molecule has 0 aliphatic heterocycles. The molecule has 1 heterocycles. The molecule has 1 N–H and O–H groups in total. The summed E-state index contributed by atoms with van der Waals surface area (Å²) >= 11 is 1.85. The second kappa shape index (κ2) is 4.19. The van der Waals surface area contributed by atoms with Crippen LogP contribution in [-0.2, 0) is 0 Å². The van der Waals surface area contributed by atoms with Crippen LogP contribution in [0, 0.1) is 0 Å². The molecular formula is C14H16OS.